The Balaban J connectivity index is 2.04. The van der Waals surface area contributed by atoms with Crippen LogP contribution >= 0.6 is 0 Å². The largest absolute Gasteiger partial charge is 0.413 e. The fourth-order valence-corrected chi connectivity index (χ4v) is 3.32. The maximum absolute atomic E-state index is 6.16. The standard InChI is InChI=1S/C17H32O4/c1-5-9-15-13(7-3)11-18-17(20-15)19-12-14(8-4)16(21-17)10-6-2/h13-16H,5-12H2,1-4H3. The van der Waals surface area contributed by atoms with Crippen LogP contribution in [0.3, 0.4) is 0 Å². The molecule has 1 spiro atoms. The first-order valence-electron chi connectivity index (χ1n) is 8.81. The second kappa shape index (κ2) is 7.91. The molecule has 0 aromatic rings. The average molecular weight is 300 g/mol. The molecule has 0 aromatic carbocycles. The lowest BCUT2D eigenvalue weighted by molar-refractivity contribution is -0.557. The molecule has 2 heterocycles. The first kappa shape index (κ1) is 17.2. The predicted octanol–water partition coefficient (Wildman–Crippen LogP) is 4.08. The van der Waals surface area contributed by atoms with Crippen molar-refractivity contribution in [3.8, 4) is 0 Å². The Morgan fingerprint density at radius 3 is 1.52 bits per heavy atom. The van der Waals surface area contributed by atoms with Gasteiger partial charge >= 0.3 is 6.16 Å². The highest BCUT2D eigenvalue weighted by Gasteiger charge is 2.50. The van der Waals surface area contributed by atoms with Crippen LogP contribution in [0, 0.1) is 11.8 Å². The van der Waals surface area contributed by atoms with Crippen molar-refractivity contribution in [2.24, 2.45) is 11.8 Å². The van der Waals surface area contributed by atoms with E-state index in [0.717, 1.165) is 38.5 Å². The molecule has 0 aromatic heterocycles. The molecule has 124 valence electrons. The second-order valence-electron chi connectivity index (χ2n) is 6.35. The molecule has 2 fully saturated rings. The molecule has 2 saturated heterocycles. The smallest absolute Gasteiger partial charge is 0.303 e. The van der Waals surface area contributed by atoms with Gasteiger partial charge in [-0.15, -0.1) is 0 Å². The summed E-state index contributed by atoms with van der Waals surface area (Å²) in [6.07, 6.45) is 5.52. The molecule has 0 radical (unpaired) electrons. The summed E-state index contributed by atoms with van der Waals surface area (Å²) in [5.41, 5.74) is 0. The number of hydrogen-bond donors (Lipinski definition) is 0. The summed E-state index contributed by atoms with van der Waals surface area (Å²) in [6.45, 7) is 10.1. The lowest BCUT2D eigenvalue weighted by Crippen LogP contribution is -2.58. The molecule has 0 amide bonds. The Bertz CT molecular complexity index is 277. The van der Waals surface area contributed by atoms with Gasteiger partial charge in [-0.25, -0.2) is 0 Å². The van der Waals surface area contributed by atoms with Crippen molar-refractivity contribution in [2.75, 3.05) is 13.2 Å². The highest BCUT2D eigenvalue weighted by atomic mass is 17.0. The van der Waals surface area contributed by atoms with Gasteiger partial charge in [-0.05, 0) is 25.7 Å². The SMILES string of the molecule is CCCC1OC2(OCC1CC)OCC(CC)C(CCC)O2. The highest BCUT2D eigenvalue weighted by molar-refractivity contribution is 4.79. The normalized spacial score (nSPS) is 40.6. The molecular formula is C17H32O4. The van der Waals surface area contributed by atoms with E-state index in [1.54, 1.807) is 0 Å². The third kappa shape index (κ3) is 3.98. The highest BCUT2D eigenvalue weighted by Crippen LogP contribution is 2.39. The third-order valence-corrected chi connectivity index (χ3v) is 4.79. The van der Waals surface area contributed by atoms with Gasteiger partial charge in [0, 0.05) is 11.8 Å². The number of ether oxygens (including phenoxy) is 4. The van der Waals surface area contributed by atoms with Crippen LogP contribution in [-0.2, 0) is 18.9 Å². The lowest BCUT2D eigenvalue weighted by Gasteiger charge is -2.48. The molecule has 4 heteroatoms. The summed E-state index contributed by atoms with van der Waals surface area (Å²) < 4.78 is 24.1. The van der Waals surface area contributed by atoms with Crippen LogP contribution in [0.4, 0.5) is 0 Å². The van der Waals surface area contributed by atoms with Gasteiger partial charge in [-0.2, -0.15) is 0 Å². The van der Waals surface area contributed by atoms with Gasteiger partial charge in [0.2, 0.25) is 0 Å². The molecule has 4 nitrogen and oxygen atoms in total. The Morgan fingerprint density at radius 1 is 0.762 bits per heavy atom. The topological polar surface area (TPSA) is 36.9 Å². The van der Waals surface area contributed by atoms with Crippen molar-refractivity contribution in [2.45, 2.75) is 84.6 Å². The van der Waals surface area contributed by atoms with Gasteiger partial charge in [0.15, 0.2) is 0 Å². The molecule has 2 rings (SSSR count). The van der Waals surface area contributed by atoms with Gasteiger partial charge in [0.25, 0.3) is 0 Å². The van der Waals surface area contributed by atoms with Crippen LogP contribution < -0.4 is 0 Å². The maximum Gasteiger partial charge on any atom is 0.413 e. The quantitative estimate of drug-likeness (QED) is 0.740. The Morgan fingerprint density at radius 2 is 1.19 bits per heavy atom. The Labute approximate surface area is 129 Å². The fourth-order valence-electron chi connectivity index (χ4n) is 3.32. The Hall–Kier alpha value is -0.160. The molecule has 4 atom stereocenters. The minimum atomic E-state index is -1.24. The van der Waals surface area contributed by atoms with Crippen molar-refractivity contribution in [3.63, 3.8) is 0 Å². The summed E-state index contributed by atoms with van der Waals surface area (Å²) in [5, 5.41) is 0. The minimum absolute atomic E-state index is 0.175. The van der Waals surface area contributed by atoms with E-state index in [-0.39, 0.29) is 12.2 Å². The van der Waals surface area contributed by atoms with E-state index in [2.05, 4.69) is 27.7 Å². The second-order valence-corrected chi connectivity index (χ2v) is 6.35. The van der Waals surface area contributed by atoms with Gasteiger partial charge < -0.3 is 9.47 Å². The molecule has 0 bridgehead atoms. The first-order valence-corrected chi connectivity index (χ1v) is 8.81. The molecule has 2 aliphatic rings. The summed E-state index contributed by atoms with van der Waals surface area (Å²) in [4.78, 5) is 0. The van der Waals surface area contributed by atoms with Crippen LogP contribution in [0.2, 0.25) is 0 Å². The van der Waals surface area contributed by atoms with Gasteiger partial charge in [-0.3, -0.25) is 9.47 Å². The fraction of sp³-hybridized carbons (Fsp3) is 1.00. The zero-order valence-corrected chi connectivity index (χ0v) is 14.1. The van der Waals surface area contributed by atoms with Gasteiger partial charge in [0.05, 0.1) is 25.4 Å². The lowest BCUT2D eigenvalue weighted by atomic mass is 9.95. The van der Waals surface area contributed by atoms with E-state index in [0.29, 0.717) is 25.0 Å². The zero-order valence-electron chi connectivity index (χ0n) is 14.1. The predicted molar refractivity (Wildman–Crippen MR) is 81.8 cm³/mol. The number of rotatable bonds is 6. The van der Waals surface area contributed by atoms with Crippen LogP contribution in [0.15, 0.2) is 0 Å². The molecule has 21 heavy (non-hydrogen) atoms. The molecule has 0 aliphatic carbocycles. The summed E-state index contributed by atoms with van der Waals surface area (Å²) in [5.74, 6) is 0.882. The van der Waals surface area contributed by atoms with Crippen molar-refractivity contribution in [1.29, 1.82) is 0 Å². The molecular weight excluding hydrogens is 268 g/mol. The maximum atomic E-state index is 6.16. The minimum Gasteiger partial charge on any atom is -0.303 e. The third-order valence-electron chi connectivity index (χ3n) is 4.79. The van der Waals surface area contributed by atoms with Crippen LogP contribution in [-0.4, -0.2) is 31.6 Å². The van der Waals surface area contributed by atoms with E-state index in [9.17, 15) is 0 Å². The van der Waals surface area contributed by atoms with Crippen LogP contribution in [0.1, 0.15) is 66.2 Å². The summed E-state index contributed by atoms with van der Waals surface area (Å²) in [6, 6.07) is 0. The average Bonchev–Trinajstić information content (AvgIpc) is 2.49. The van der Waals surface area contributed by atoms with E-state index in [1.807, 2.05) is 0 Å². The van der Waals surface area contributed by atoms with Crippen molar-refractivity contribution in [3.05, 3.63) is 0 Å². The monoisotopic (exact) mass is 300 g/mol. The summed E-state index contributed by atoms with van der Waals surface area (Å²) in [7, 11) is 0. The van der Waals surface area contributed by atoms with Crippen molar-refractivity contribution in [1.82, 2.24) is 0 Å². The van der Waals surface area contributed by atoms with Crippen LogP contribution in [0.5, 0.6) is 0 Å². The molecule has 4 unspecified atom stereocenters. The van der Waals surface area contributed by atoms with Gasteiger partial charge in [0.1, 0.15) is 0 Å². The van der Waals surface area contributed by atoms with E-state index < -0.39 is 6.16 Å². The van der Waals surface area contributed by atoms with E-state index >= 15 is 0 Å². The Kier molecular flexibility index (Phi) is 6.48. The molecule has 0 N–H and O–H groups in total. The van der Waals surface area contributed by atoms with E-state index in [4.69, 9.17) is 18.9 Å². The number of hydrogen-bond acceptors (Lipinski definition) is 4. The van der Waals surface area contributed by atoms with Crippen molar-refractivity contribution < 1.29 is 18.9 Å². The summed E-state index contributed by atoms with van der Waals surface area (Å²) >= 11 is 0. The van der Waals surface area contributed by atoms with Crippen LogP contribution in [0.25, 0.3) is 0 Å². The van der Waals surface area contributed by atoms with Crippen molar-refractivity contribution >= 4 is 0 Å². The molecule has 2 aliphatic heterocycles. The van der Waals surface area contributed by atoms with E-state index in [1.165, 1.54) is 0 Å². The zero-order chi connectivity index (χ0) is 15.3. The molecule has 0 saturated carbocycles. The van der Waals surface area contributed by atoms with Gasteiger partial charge in [-0.1, -0.05) is 40.5 Å². The first-order chi connectivity index (χ1) is 10.2.